The summed E-state index contributed by atoms with van der Waals surface area (Å²) in [5.41, 5.74) is 0.283. The Bertz CT molecular complexity index is 671. The van der Waals surface area contributed by atoms with Crippen LogP contribution in [0.1, 0.15) is 13.3 Å². The Kier molecular flexibility index (Phi) is 3.79. The number of carboxylic acid groups (broad SMARTS) is 1. The lowest BCUT2D eigenvalue weighted by Crippen LogP contribution is -2.16. The van der Waals surface area contributed by atoms with Gasteiger partial charge in [0.25, 0.3) is 5.69 Å². The second-order valence-corrected chi connectivity index (χ2v) is 4.27. The standard InChI is InChI=1S/C13H12N2O5/c1-8(7-12(16)17)20-11-5-4-10(15(18)19)9-3-2-6-14-13(9)11/h2-6,8H,7H2,1H3,(H,16,17)/t8-/m0/s1. The highest BCUT2D eigenvalue weighted by atomic mass is 16.6. The first-order valence-corrected chi connectivity index (χ1v) is 5.89. The van der Waals surface area contributed by atoms with Crippen LogP contribution < -0.4 is 4.74 Å². The maximum Gasteiger partial charge on any atom is 0.307 e. The second-order valence-electron chi connectivity index (χ2n) is 4.27. The van der Waals surface area contributed by atoms with Gasteiger partial charge in [-0.15, -0.1) is 0 Å². The summed E-state index contributed by atoms with van der Waals surface area (Å²) in [6.45, 7) is 1.62. The second kappa shape index (κ2) is 5.52. The van der Waals surface area contributed by atoms with Crippen LogP contribution in [0.5, 0.6) is 5.75 Å². The van der Waals surface area contributed by atoms with E-state index in [1.54, 1.807) is 19.1 Å². The van der Waals surface area contributed by atoms with E-state index in [2.05, 4.69) is 4.98 Å². The molecule has 7 heteroatoms. The summed E-state index contributed by atoms with van der Waals surface area (Å²) in [7, 11) is 0. The number of fused-ring (bicyclic) bond motifs is 1. The molecular weight excluding hydrogens is 264 g/mol. The third-order valence-corrected chi connectivity index (χ3v) is 2.70. The van der Waals surface area contributed by atoms with E-state index in [1.165, 1.54) is 18.3 Å². The van der Waals surface area contributed by atoms with Crippen molar-refractivity contribution in [2.45, 2.75) is 19.4 Å². The molecule has 2 aromatic rings. The summed E-state index contributed by atoms with van der Waals surface area (Å²) >= 11 is 0. The molecule has 1 aromatic carbocycles. The fourth-order valence-electron chi connectivity index (χ4n) is 1.89. The quantitative estimate of drug-likeness (QED) is 0.664. The Morgan fingerprint density at radius 2 is 2.25 bits per heavy atom. The van der Waals surface area contributed by atoms with Gasteiger partial charge in [0.05, 0.1) is 16.7 Å². The fourth-order valence-corrected chi connectivity index (χ4v) is 1.89. The number of nitro groups is 1. The summed E-state index contributed by atoms with van der Waals surface area (Å²) in [6, 6.07) is 5.94. The number of hydrogen-bond acceptors (Lipinski definition) is 5. The van der Waals surface area contributed by atoms with Crippen LogP contribution >= 0.6 is 0 Å². The molecule has 0 saturated heterocycles. The lowest BCUT2D eigenvalue weighted by atomic mass is 10.1. The van der Waals surface area contributed by atoms with Crippen molar-refractivity contribution in [3.05, 3.63) is 40.6 Å². The van der Waals surface area contributed by atoms with Crippen molar-refractivity contribution in [3.63, 3.8) is 0 Å². The predicted octanol–water partition coefficient (Wildman–Crippen LogP) is 2.39. The summed E-state index contributed by atoms with van der Waals surface area (Å²) in [4.78, 5) is 25.2. The smallest absolute Gasteiger partial charge is 0.307 e. The minimum absolute atomic E-state index is 0.0636. The molecule has 0 spiro atoms. The average molecular weight is 276 g/mol. The van der Waals surface area contributed by atoms with Gasteiger partial charge in [0.1, 0.15) is 17.4 Å². The molecule has 0 aliphatic heterocycles. The number of aromatic nitrogens is 1. The van der Waals surface area contributed by atoms with Crippen LogP contribution in [0.25, 0.3) is 10.9 Å². The minimum atomic E-state index is -0.975. The molecule has 2 rings (SSSR count). The maximum atomic E-state index is 11.0. The van der Waals surface area contributed by atoms with Gasteiger partial charge in [-0.1, -0.05) is 0 Å². The van der Waals surface area contributed by atoms with Crippen LogP contribution in [0.3, 0.4) is 0 Å². The molecule has 1 N–H and O–H groups in total. The Labute approximate surface area is 114 Å². The van der Waals surface area contributed by atoms with Crippen LogP contribution in [0.2, 0.25) is 0 Å². The molecule has 0 unspecified atom stereocenters. The number of pyridine rings is 1. The van der Waals surface area contributed by atoms with Gasteiger partial charge < -0.3 is 9.84 Å². The van der Waals surface area contributed by atoms with Gasteiger partial charge in [0.15, 0.2) is 0 Å². The summed E-state index contributed by atoms with van der Waals surface area (Å²) < 4.78 is 5.51. The summed E-state index contributed by atoms with van der Waals surface area (Å²) in [6.07, 6.45) is 0.783. The Hall–Kier alpha value is -2.70. The number of rotatable bonds is 5. The largest absolute Gasteiger partial charge is 0.488 e. The van der Waals surface area contributed by atoms with Crippen LogP contribution in [0.15, 0.2) is 30.5 Å². The van der Waals surface area contributed by atoms with Gasteiger partial charge in [-0.05, 0) is 25.1 Å². The molecule has 0 aliphatic carbocycles. The summed E-state index contributed by atoms with van der Waals surface area (Å²) in [5.74, 6) is -0.642. The first kappa shape index (κ1) is 13.7. The van der Waals surface area contributed by atoms with Gasteiger partial charge in [-0.3, -0.25) is 19.9 Å². The Balaban J connectivity index is 2.43. The number of ether oxygens (including phenoxy) is 1. The molecule has 1 atom stereocenters. The maximum absolute atomic E-state index is 11.0. The molecule has 0 aliphatic rings. The van der Waals surface area contributed by atoms with Crippen LogP contribution in [0.4, 0.5) is 5.69 Å². The zero-order valence-corrected chi connectivity index (χ0v) is 10.6. The van der Waals surface area contributed by atoms with Gasteiger partial charge in [0, 0.05) is 12.3 Å². The van der Waals surface area contributed by atoms with Gasteiger partial charge in [-0.2, -0.15) is 0 Å². The number of aliphatic carboxylic acids is 1. The summed E-state index contributed by atoms with van der Waals surface area (Å²) in [5, 5.41) is 20.0. The first-order chi connectivity index (χ1) is 9.49. The number of non-ortho nitro benzene ring substituents is 1. The minimum Gasteiger partial charge on any atom is -0.488 e. The van der Waals surface area contributed by atoms with Crippen molar-refractivity contribution in [1.82, 2.24) is 4.98 Å². The monoisotopic (exact) mass is 276 g/mol. The lowest BCUT2D eigenvalue weighted by molar-refractivity contribution is -0.383. The number of benzene rings is 1. The normalized spacial score (nSPS) is 12.1. The number of nitro benzene ring substituents is 1. The zero-order chi connectivity index (χ0) is 14.7. The van der Waals surface area contributed by atoms with Gasteiger partial charge >= 0.3 is 5.97 Å². The molecule has 1 aromatic heterocycles. The van der Waals surface area contributed by atoms with E-state index < -0.39 is 17.0 Å². The third kappa shape index (κ3) is 2.82. The van der Waals surface area contributed by atoms with Gasteiger partial charge in [-0.25, -0.2) is 0 Å². The molecule has 0 radical (unpaired) electrons. The van der Waals surface area contributed by atoms with Crippen molar-refractivity contribution in [3.8, 4) is 5.75 Å². The highest BCUT2D eigenvalue weighted by Crippen LogP contribution is 2.31. The van der Waals surface area contributed by atoms with E-state index >= 15 is 0 Å². The van der Waals surface area contributed by atoms with E-state index in [-0.39, 0.29) is 12.1 Å². The molecule has 0 fully saturated rings. The van der Waals surface area contributed by atoms with E-state index in [0.29, 0.717) is 16.7 Å². The number of carboxylic acids is 1. The SMILES string of the molecule is C[C@@H](CC(=O)O)Oc1ccc([N+](=O)[O-])c2cccnc12. The number of nitrogens with zero attached hydrogens (tertiary/aromatic N) is 2. The topological polar surface area (TPSA) is 103 Å². The first-order valence-electron chi connectivity index (χ1n) is 5.89. The van der Waals surface area contributed by atoms with E-state index in [4.69, 9.17) is 9.84 Å². The highest BCUT2D eigenvalue weighted by Gasteiger charge is 2.17. The molecule has 7 nitrogen and oxygen atoms in total. The zero-order valence-electron chi connectivity index (χ0n) is 10.6. The fraction of sp³-hybridized carbons (Fsp3) is 0.231. The number of hydrogen-bond donors (Lipinski definition) is 1. The lowest BCUT2D eigenvalue weighted by Gasteiger charge is -2.14. The third-order valence-electron chi connectivity index (χ3n) is 2.70. The van der Waals surface area contributed by atoms with Crippen molar-refractivity contribution < 1.29 is 19.6 Å². The molecule has 1 heterocycles. The van der Waals surface area contributed by atoms with Crippen molar-refractivity contribution >= 4 is 22.6 Å². The molecule has 0 saturated carbocycles. The van der Waals surface area contributed by atoms with Gasteiger partial charge in [0.2, 0.25) is 0 Å². The van der Waals surface area contributed by atoms with Crippen molar-refractivity contribution in [2.24, 2.45) is 0 Å². The molecule has 20 heavy (non-hydrogen) atoms. The predicted molar refractivity (Wildman–Crippen MR) is 70.7 cm³/mol. The van der Waals surface area contributed by atoms with Crippen molar-refractivity contribution in [1.29, 1.82) is 0 Å². The molecule has 0 amide bonds. The van der Waals surface area contributed by atoms with Crippen molar-refractivity contribution in [2.75, 3.05) is 0 Å². The van der Waals surface area contributed by atoms with Crippen LogP contribution in [-0.2, 0) is 4.79 Å². The molecule has 0 bridgehead atoms. The van der Waals surface area contributed by atoms with E-state index in [0.717, 1.165) is 0 Å². The van der Waals surface area contributed by atoms with Crippen LogP contribution in [-0.4, -0.2) is 27.1 Å². The Morgan fingerprint density at radius 1 is 1.50 bits per heavy atom. The average Bonchev–Trinajstić information content (AvgIpc) is 2.37. The van der Waals surface area contributed by atoms with E-state index in [1.807, 2.05) is 0 Å². The molecular formula is C13H12N2O5. The van der Waals surface area contributed by atoms with Crippen LogP contribution in [0, 0.1) is 10.1 Å². The highest BCUT2D eigenvalue weighted by molar-refractivity contribution is 5.92. The van der Waals surface area contributed by atoms with E-state index in [9.17, 15) is 14.9 Å². The Morgan fingerprint density at radius 3 is 2.90 bits per heavy atom. The molecule has 104 valence electrons. The number of carbonyl (C=O) groups is 1.